The lowest BCUT2D eigenvalue weighted by Gasteiger charge is -2.23. The van der Waals surface area contributed by atoms with Crippen molar-refractivity contribution in [3.05, 3.63) is 0 Å². The first-order valence-corrected chi connectivity index (χ1v) is 4.05. The Hall–Kier alpha value is -0.770. The van der Waals surface area contributed by atoms with Gasteiger partial charge in [-0.3, -0.25) is 0 Å². The molecule has 0 unspecified atom stereocenters. The van der Waals surface area contributed by atoms with Gasteiger partial charge in [0.25, 0.3) is 0 Å². The lowest BCUT2D eigenvalue weighted by molar-refractivity contribution is 0.137. The van der Waals surface area contributed by atoms with Gasteiger partial charge in [-0.1, -0.05) is 13.8 Å². The van der Waals surface area contributed by atoms with Crippen LogP contribution in [0.4, 0.5) is 4.79 Å². The zero-order valence-electron chi connectivity index (χ0n) is 8.02. The van der Waals surface area contributed by atoms with Crippen molar-refractivity contribution in [3.8, 4) is 0 Å². The van der Waals surface area contributed by atoms with Gasteiger partial charge in [0.2, 0.25) is 0 Å². The fourth-order valence-corrected chi connectivity index (χ4v) is 0.995. The van der Waals surface area contributed by atoms with Crippen LogP contribution in [0.3, 0.4) is 0 Å². The second-order valence-electron chi connectivity index (χ2n) is 3.61. The van der Waals surface area contributed by atoms with Gasteiger partial charge in [0, 0.05) is 6.54 Å². The summed E-state index contributed by atoms with van der Waals surface area (Å²) in [5, 5.41) is 3.07. The fourth-order valence-electron chi connectivity index (χ4n) is 0.995. The summed E-state index contributed by atoms with van der Waals surface area (Å²) in [6.45, 7) is 5.50. The molecule has 72 valence electrons. The molecule has 0 aromatic carbocycles. The molecule has 0 aromatic rings. The number of rotatable bonds is 5. The van der Waals surface area contributed by atoms with Gasteiger partial charge in [-0.2, -0.15) is 0 Å². The van der Waals surface area contributed by atoms with Crippen LogP contribution >= 0.6 is 0 Å². The molecule has 0 aliphatic carbocycles. The van der Waals surface area contributed by atoms with Crippen LogP contribution in [0.1, 0.15) is 20.3 Å². The molecule has 0 atom stereocenters. The molecule has 4 nitrogen and oxygen atoms in total. The monoisotopic (exact) mass is 174 g/mol. The lowest BCUT2D eigenvalue weighted by atomic mass is 9.90. The van der Waals surface area contributed by atoms with Crippen LogP contribution < -0.4 is 11.1 Å². The molecule has 0 radical (unpaired) electrons. The van der Waals surface area contributed by atoms with E-state index in [9.17, 15) is 4.79 Å². The van der Waals surface area contributed by atoms with Gasteiger partial charge in [-0.05, 0) is 18.9 Å². The third-order valence-electron chi connectivity index (χ3n) is 1.68. The van der Waals surface area contributed by atoms with Gasteiger partial charge in [0.05, 0.1) is 6.61 Å². The minimum absolute atomic E-state index is 0.143. The van der Waals surface area contributed by atoms with Crippen molar-refractivity contribution in [1.82, 2.24) is 5.32 Å². The van der Waals surface area contributed by atoms with E-state index in [2.05, 4.69) is 23.9 Å². The molecule has 0 aromatic heterocycles. The SMILES string of the molecule is CNCC(C)(C)CCOC(N)=O. The number of nitrogens with two attached hydrogens (primary N) is 1. The summed E-state index contributed by atoms with van der Waals surface area (Å²) >= 11 is 0. The van der Waals surface area contributed by atoms with Gasteiger partial charge in [0.15, 0.2) is 0 Å². The molecule has 0 aliphatic rings. The molecule has 4 heteroatoms. The van der Waals surface area contributed by atoms with E-state index in [1.54, 1.807) is 0 Å². The van der Waals surface area contributed by atoms with E-state index in [1.165, 1.54) is 0 Å². The summed E-state index contributed by atoms with van der Waals surface area (Å²) in [6.07, 6.45) is 0.117. The van der Waals surface area contributed by atoms with Crippen molar-refractivity contribution < 1.29 is 9.53 Å². The quantitative estimate of drug-likeness (QED) is 0.645. The lowest BCUT2D eigenvalue weighted by Crippen LogP contribution is -2.28. The highest BCUT2D eigenvalue weighted by Crippen LogP contribution is 2.18. The van der Waals surface area contributed by atoms with Crippen LogP contribution in [-0.4, -0.2) is 26.3 Å². The first-order chi connectivity index (χ1) is 5.48. The Balaban J connectivity index is 3.53. The van der Waals surface area contributed by atoms with E-state index >= 15 is 0 Å². The highest BCUT2D eigenvalue weighted by Gasteiger charge is 2.16. The predicted molar refractivity (Wildman–Crippen MR) is 47.9 cm³/mol. The molecule has 0 spiro atoms. The second-order valence-corrected chi connectivity index (χ2v) is 3.61. The van der Waals surface area contributed by atoms with Gasteiger partial charge in [-0.15, -0.1) is 0 Å². The van der Waals surface area contributed by atoms with Crippen molar-refractivity contribution in [2.24, 2.45) is 11.1 Å². The van der Waals surface area contributed by atoms with E-state index in [0.29, 0.717) is 6.61 Å². The number of nitrogens with one attached hydrogen (secondary N) is 1. The molecule has 0 fully saturated rings. The first kappa shape index (κ1) is 11.2. The summed E-state index contributed by atoms with van der Waals surface area (Å²) in [5.74, 6) is 0. The Morgan fingerprint density at radius 1 is 1.58 bits per heavy atom. The average Bonchev–Trinajstić information content (AvgIpc) is 1.85. The van der Waals surface area contributed by atoms with Crippen LogP contribution in [0.15, 0.2) is 0 Å². The van der Waals surface area contributed by atoms with E-state index in [1.807, 2.05) is 7.05 Å². The maximum Gasteiger partial charge on any atom is 0.404 e. The smallest absolute Gasteiger partial charge is 0.404 e. The molecular formula is C8H18N2O2. The van der Waals surface area contributed by atoms with Gasteiger partial charge in [0.1, 0.15) is 0 Å². The zero-order chi connectivity index (χ0) is 9.61. The van der Waals surface area contributed by atoms with Crippen molar-refractivity contribution in [1.29, 1.82) is 0 Å². The number of hydrogen-bond donors (Lipinski definition) is 2. The molecule has 12 heavy (non-hydrogen) atoms. The normalized spacial score (nSPS) is 11.2. The summed E-state index contributed by atoms with van der Waals surface area (Å²) in [4.78, 5) is 10.2. The highest BCUT2D eigenvalue weighted by molar-refractivity contribution is 5.64. The summed E-state index contributed by atoms with van der Waals surface area (Å²) in [5.41, 5.74) is 4.96. The summed E-state index contributed by atoms with van der Waals surface area (Å²) in [6, 6.07) is 0. The number of ether oxygens (including phenoxy) is 1. The topological polar surface area (TPSA) is 64.3 Å². The van der Waals surface area contributed by atoms with Crippen molar-refractivity contribution in [2.75, 3.05) is 20.2 Å². The maximum atomic E-state index is 10.2. The average molecular weight is 174 g/mol. The van der Waals surface area contributed by atoms with Crippen LogP contribution in [0.5, 0.6) is 0 Å². The molecule has 0 heterocycles. The Morgan fingerprint density at radius 2 is 2.17 bits per heavy atom. The summed E-state index contributed by atoms with van der Waals surface area (Å²) in [7, 11) is 1.90. The molecule has 0 aliphatic heterocycles. The van der Waals surface area contributed by atoms with Crippen LogP contribution in [0.25, 0.3) is 0 Å². The predicted octanol–water partition coefficient (Wildman–Crippen LogP) is 0.717. The first-order valence-electron chi connectivity index (χ1n) is 4.05. The van der Waals surface area contributed by atoms with Crippen LogP contribution in [0.2, 0.25) is 0 Å². The molecule has 3 N–H and O–H groups in total. The van der Waals surface area contributed by atoms with E-state index < -0.39 is 6.09 Å². The van der Waals surface area contributed by atoms with Crippen LogP contribution in [-0.2, 0) is 4.74 Å². The van der Waals surface area contributed by atoms with Gasteiger partial charge in [-0.25, -0.2) is 4.79 Å². The molecule has 0 bridgehead atoms. The van der Waals surface area contributed by atoms with Gasteiger partial charge >= 0.3 is 6.09 Å². The van der Waals surface area contributed by atoms with E-state index in [0.717, 1.165) is 13.0 Å². The number of carbonyl (C=O) groups is 1. The van der Waals surface area contributed by atoms with Crippen LogP contribution in [0, 0.1) is 5.41 Å². The fraction of sp³-hybridized carbons (Fsp3) is 0.875. The Bertz CT molecular complexity index is 146. The highest BCUT2D eigenvalue weighted by atomic mass is 16.5. The number of primary amides is 1. The minimum atomic E-state index is -0.699. The number of carbonyl (C=O) groups excluding carboxylic acids is 1. The Morgan fingerprint density at radius 3 is 2.58 bits per heavy atom. The standard InChI is InChI=1S/C8H18N2O2/c1-8(2,6-10-3)4-5-12-7(9)11/h10H,4-6H2,1-3H3,(H2,9,11). The van der Waals surface area contributed by atoms with E-state index in [4.69, 9.17) is 5.73 Å². The third kappa shape index (κ3) is 5.97. The summed E-state index contributed by atoms with van der Waals surface area (Å²) < 4.78 is 4.64. The second kappa shape index (κ2) is 4.98. The van der Waals surface area contributed by atoms with Crippen molar-refractivity contribution in [3.63, 3.8) is 0 Å². The van der Waals surface area contributed by atoms with E-state index in [-0.39, 0.29) is 5.41 Å². The van der Waals surface area contributed by atoms with Crippen molar-refractivity contribution in [2.45, 2.75) is 20.3 Å². The Kier molecular flexibility index (Phi) is 4.66. The largest absolute Gasteiger partial charge is 0.450 e. The molecular weight excluding hydrogens is 156 g/mol. The maximum absolute atomic E-state index is 10.2. The molecule has 0 saturated heterocycles. The third-order valence-corrected chi connectivity index (χ3v) is 1.68. The number of amides is 1. The number of hydrogen-bond acceptors (Lipinski definition) is 3. The van der Waals surface area contributed by atoms with Crippen molar-refractivity contribution >= 4 is 6.09 Å². The molecule has 0 saturated carbocycles. The molecule has 1 amide bonds. The Labute approximate surface area is 73.5 Å². The minimum Gasteiger partial charge on any atom is -0.450 e. The zero-order valence-corrected chi connectivity index (χ0v) is 8.02. The molecule has 0 rings (SSSR count). The van der Waals surface area contributed by atoms with Gasteiger partial charge < -0.3 is 15.8 Å².